The Morgan fingerprint density at radius 1 is 1.00 bits per heavy atom. The molecule has 2 heteroatoms. The van der Waals surface area contributed by atoms with Crippen molar-refractivity contribution in [2.75, 3.05) is 18.8 Å². The van der Waals surface area contributed by atoms with E-state index in [2.05, 4.69) is 52.1 Å². The molecule has 0 saturated heterocycles. The van der Waals surface area contributed by atoms with Crippen LogP contribution in [-0.2, 0) is 0 Å². The number of hydrogen-bond acceptors (Lipinski definition) is 2. The molecule has 0 aliphatic heterocycles. The highest BCUT2D eigenvalue weighted by atomic mass is 32.1. The fourth-order valence-electron chi connectivity index (χ4n) is 2.10. The van der Waals surface area contributed by atoms with Gasteiger partial charge in [0, 0.05) is 19.1 Å². The molecule has 0 bridgehead atoms. The summed E-state index contributed by atoms with van der Waals surface area (Å²) in [4.78, 5) is 2.66. The molecule has 0 aliphatic carbocycles. The van der Waals surface area contributed by atoms with E-state index in [1.165, 1.54) is 25.9 Å². The predicted octanol–water partition coefficient (Wildman–Crippen LogP) is 3.70. The Morgan fingerprint density at radius 2 is 1.53 bits per heavy atom. The van der Waals surface area contributed by atoms with Crippen molar-refractivity contribution in [3.8, 4) is 0 Å². The van der Waals surface area contributed by atoms with Crippen LogP contribution in [0.5, 0.6) is 0 Å². The van der Waals surface area contributed by atoms with E-state index in [0.29, 0.717) is 5.92 Å². The van der Waals surface area contributed by atoms with Crippen LogP contribution in [0.1, 0.15) is 47.5 Å². The molecule has 0 N–H and O–H groups in total. The van der Waals surface area contributed by atoms with Gasteiger partial charge >= 0.3 is 0 Å². The summed E-state index contributed by atoms with van der Waals surface area (Å²) in [6, 6.07) is 0.759. The van der Waals surface area contributed by atoms with E-state index < -0.39 is 0 Å². The molecule has 0 heterocycles. The van der Waals surface area contributed by atoms with E-state index in [1.807, 2.05) is 0 Å². The lowest BCUT2D eigenvalue weighted by molar-refractivity contribution is 0.149. The van der Waals surface area contributed by atoms with Crippen LogP contribution >= 0.6 is 12.6 Å². The standard InChI is InChI=1S/C13H29NS/c1-6-13(7-2)14(8-11(3)4)9-12(5)10-15/h11-13,15H,6-10H2,1-5H3. The highest BCUT2D eigenvalue weighted by Gasteiger charge is 2.17. The Hall–Kier alpha value is 0.310. The van der Waals surface area contributed by atoms with Crippen LogP contribution in [-0.4, -0.2) is 29.8 Å². The first kappa shape index (κ1) is 15.3. The molecule has 0 amide bonds. The minimum Gasteiger partial charge on any atom is -0.300 e. The fourth-order valence-corrected chi connectivity index (χ4v) is 2.22. The molecular formula is C13H29NS. The molecule has 0 aromatic heterocycles. The maximum absolute atomic E-state index is 4.38. The van der Waals surface area contributed by atoms with Gasteiger partial charge in [0.15, 0.2) is 0 Å². The monoisotopic (exact) mass is 231 g/mol. The molecular weight excluding hydrogens is 202 g/mol. The molecule has 0 spiro atoms. The topological polar surface area (TPSA) is 3.24 Å². The first-order valence-corrected chi connectivity index (χ1v) is 7.03. The van der Waals surface area contributed by atoms with Crippen molar-refractivity contribution >= 4 is 12.6 Å². The second-order valence-electron chi connectivity index (χ2n) is 5.11. The lowest BCUT2D eigenvalue weighted by atomic mass is 10.1. The van der Waals surface area contributed by atoms with E-state index in [-0.39, 0.29) is 0 Å². The summed E-state index contributed by atoms with van der Waals surface area (Å²) in [7, 11) is 0. The van der Waals surface area contributed by atoms with Crippen molar-refractivity contribution in [2.24, 2.45) is 11.8 Å². The van der Waals surface area contributed by atoms with Crippen LogP contribution in [0.4, 0.5) is 0 Å². The highest BCUT2D eigenvalue weighted by Crippen LogP contribution is 2.14. The van der Waals surface area contributed by atoms with Gasteiger partial charge in [-0.25, -0.2) is 0 Å². The zero-order valence-electron chi connectivity index (χ0n) is 11.2. The predicted molar refractivity (Wildman–Crippen MR) is 73.8 cm³/mol. The summed E-state index contributed by atoms with van der Waals surface area (Å²) in [5, 5.41) is 0. The first-order valence-electron chi connectivity index (χ1n) is 6.39. The van der Waals surface area contributed by atoms with E-state index in [4.69, 9.17) is 0 Å². The molecule has 0 radical (unpaired) electrons. The third-order valence-corrected chi connectivity index (χ3v) is 3.54. The minimum absolute atomic E-state index is 0.702. The fraction of sp³-hybridized carbons (Fsp3) is 1.00. The summed E-state index contributed by atoms with van der Waals surface area (Å²) < 4.78 is 0. The second kappa shape index (κ2) is 8.46. The van der Waals surface area contributed by atoms with Gasteiger partial charge in [-0.3, -0.25) is 4.90 Å². The zero-order valence-corrected chi connectivity index (χ0v) is 12.1. The lowest BCUT2D eigenvalue weighted by Crippen LogP contribution is -2.40. The minimum atomic E-state index is 0.702. The van der Waals surface area contributed by atoms with Crippen molar-refractivity contribution in [3.63, 3.8) is 0 Å². The molecule has 1 atom stereocenters. The average molecular weight is 231 g/mol. The van der Waals surface area contributed by atoms with Gasteiger partial charge in [0.05, 0.1) is 0 Å². The van der Waals surface area contributed by atoms with Gasteiger partial charge in [0.25, 0.3) is 0 Å². The van der Waals surface area contributed by atoms with Crippen LogP contribution in [0.15, 0.2) is 0 Å². The van der Waals surface area contributed by atoms with Gasteiger partial charge in [-0.05, 0) is 30.4 Å². The van der Waals surface area contributed by atoms with Gasteiger partial charge in [0.2, 0.25) is 0 Å². The Labute approximate surface area is 102 Å². The molecule has 0 aromatic rings. The maximum atomic E-state index is 4.38. The Balaban J connectivity index is 4.27. The lowest BCUT2D eigenvalue weighted by Gasteiger charge is -2.33. The van der Waals surface area contributed by atoms with E-state index in [0.717, 1.165) is 17.7 Å². The van der Waals surface area contributed by atoms with Crippen LogP contribution in [0, 0.1) is 11.8 Å². The largest absolute Gasteiger partial charge is 0.300 e. The van der Waals surface area contributed by atoms with Crippen molar-refractivity contribution in [1.82, 2.24) is 4.90 Å². The summed E-state index contributed by atoms with van der Waals surface area (Å²) in [5.74, 6) is 2.46. The van der Waals surface area contributed by atoms with Gasteiger partial charge in [-0.1, -0.05) is 34.6 Å². The van der Waals surface area contributed by atoms with Crippen LogP contribution in [0.25, 0.3) is 0 Å². The molecule has 92 valence electrons. The number of thiol groups is 1. The Morgan fingerprint density at radius 3 is 1.87 bits per heavy atom. The van der Waals surface area contributed by atoms with E-state index in [1.54, 1.807) is 0 Å². The van der Waals surface area contributed by atoms with Crippen molar-refractivity contribution in [1.29, 1.82) is 0 Å². The third-order valence-electron chi connectivity index (χ3n) is 2.92. The summed E-state index contributed by atoms with van der Waals surface area (Å²) in [5.41, 5.74) is 0. The number of nitrogens with zero attached hydrogens (tertiary/aromatic N) is 1. The summed E-state index contributed by atoms with van der Waals surface area (Å²) in [6.07, 6.45) is 2.53. The van der Waals surface area contributed by atoms with Crippen LogP contribution in [0.3, 0.4) is 0 Å². The van der Waals surface area contributed by atoms with Gasteiger partial charge in [-0.2, -0.15) is 12.6 Å². The number of hydrogen-bond donors (Lipinski definition) is 1. The molecule has 0 saturated carbocycles. The molecule has 0 rings (SSSR count). The molecule has 0 aromatic carbocycles. The zero-order chi connectivity index (χ0) is 11.8. The third kappa shape index (κ3) is 6.47. The van der Waals surface area contributed by atoms with E-state index in [9.17, 15) is 0 Å². The average Bonchev–Trinajstić information content (AvgIpc) is 2.18. The molecule has 15 heavy (non-hydrogen) atoms. The Kier molecular flexibility index (Phi) is 8.64. The summed E-state index contributed by atoms with van der Waals surface area (Å²) >= 11 is 4.38. The van der Waals surface area contributed by atoms with E-state index >= 15 is 0 Å². The van der Waals surface area contributed by atoms with Gasteiger partial charge < -0.3 is 0 Å². The molecule has 0 fully saturated rings. The normalized spacial score (nSPS) is 14.2. The summed E-state index contributed by atoms with van der Waals surface area (Å²) in [6.45, 7) is 13.9. The van der Waals surface area contributed by atoms with Crippen molar-refractivity contribution in [3.05, 3.63) is 0 Å². The van der Waals surface area contributed by atoms with Crippen LogP contribution in [0.2, 0.25) is 0 Å². The highest BCUT2D eigenvalue weighted by molar-refractivity contribution is 7.80. The molecule has 1 nitrogen and oxygen atoms in total. The number of rotatable bonds is 8. The molecule has 1 unspecified atom stereocenters. The second-order valence-corrected chi connectivity index (χ2v) is 5.47. The van der Waals surface area contributed by atoms with Gasteiger partial charge in [0.1, 0.15) is 0 Å². The first-order chi connectivity index (χ1) is 7.04. The maximum Gasteiger partial charge on any atom is 0.00902 e. The van der Waals surface area contributed by atoms with Crippen molar-refractivity contribution in [2.45, 2.75) is 53.5 Å². The quantitative estimate of drug-likeness (QED) is 0.623. The Bertz CT molecular complexity index is 143. The SMILES string of the molecule is CCC(CC)N(CC(C)C)CC(C)CS. The van der Waals surface area contributed by atoms with Crippen molar-refractivity contribution < 1.29 is 0 Å². The van der Waals surface area contributed by atoms with Gasteiger partial charge in [-0.15, -0.1) is 0 Å². The smallest absolute Gasteiger partial charge is 0.00902 e. The van der Waals surface area contributed by atoms with Crippen LogP contribution < -0.4 is 0 Å². The molecule has 0 aliphatic rings.